The van der Waals surface area contributed by atoms with E-state index in [2.05, 4.69) is 21.6 Å². The molecule has 2 amide bonds. The van der Waals surface area contributed by atoms with Gasteiger partial charge < -0.3 is 25.1 Å². The zero-order valence-corrected chi connectivity index (χ0v) is 14.3. The van der Waals surface area contributed by atoms with Gasteiger partial charge in [0.2, 0.25) is 0 Å². The van der Waals surface area contributed by atoms with Crippen molar-refractivity contribution in [2.24, 2.45) is 0 Å². The second kappa shape index (κ2) is 8.58. The van der Waals surface area contributed by atoms with E-state index in [0.29, 0.717) is 5.76 Å². The number of nitrogens with one attached hydrogen (secondary N) is 2. The fourth-order valence-corrected chi connectivity index (χ4v) is 3.06. The van der Waals surface area contributed by atoms with Gasteiger partial charge in [0, 0.05) is 24.5 Å². The molecule has 6 heteroatoms. The van der Waals surface area contributed by atoms with Crippen LogP contribution in [0.2, 0.25) is 0 Å². The van der Waals surface area contributed by atoms with Gasteiger partial charge in [-0.15, -0.1) is 0 Å². The topological polar surface area (TPSA) is 77.7 Å². The lowest BCUT2D eigenvalue weighted by Crippen LogP contribution is -2.32. The first-order valence-electron chi connectivity index (χ1n) is 8.84. The highest BCUT2D eigenvalue weighted by molar-refractivity contribution is 5.89. The maximum atomic E-state index is 12.1. The predicted octanol–water partition coefficient (Wildman–Crippen LogP) is 3.52. The van der Waals surface area contributed by atoms with Crippen molar-refractivity contribution in [2.75, 3.05) is 29.9 Å². The number of carbonyl (C=O) groups is 1. The standard InChI is InChI=1S/C19H25N3O3/c23-17(18-9-6-12-25-18)14-20-19(24)21-15-7-5-8-16(13-15)22-10-3-1-2-4-11-22/h5-9,12-13,17,23H,1-4,10-11,14H2,(H2,20,21,24). The van der Waals surface area contributed by atoms with Gasteiger partial charge in [-0.25, -0.2) is 4.79 Å². The fraction of sp³-hybridized carbons (Fsp3) is 0.421. The number of hydrogen-bond donors (Lipinski definition) is 3. The molecule has 1 aromatic carbocycles. The summed E-state index contributed by atoms with van der Waals surface area (Å²) in [5.74, 6) is 0.434. The molecule has 1 fully saturated rings. The molecule has 0 spiro atoms. The Hall–Kier alpha value is -2.47. The Kier molecular flexibility index (Phi) is 5.95. The molecule has 6 nitrogen and oxygen atoms in total. The van der Waals surface area contributed by atoms with Crippen molar-refractivity contribution >= 4 is 17.4 Å². The van der Waals surface area contributed by atoms with Crippen LogP contribution in [0.25, 0.3) is 0 Å². The molecule has 2 aromatic rings. The van der Waals surface area contributed by atoms with Crippen molar-refractivity contribution in [1.82, 2.24) is 5.32 Å². The molecule has 1 saturated heterocycles. The van der Waals surface area contributed by atoms with E-state index in [1.54, 1.807) is 12.1 Å². The molecule has 25 heavy (non-hydrogen) atoms. The molecular weight excluding hydrogens is 318 g/mol. The zero-order valence-electron chi connectivity index (χ0n) is 14.3. The second-order valence-corrected chi connectivity index (χ2v) is 6.32. The van der Waals surface area contributed by atoms with E-state index < -0.39 is 6.10 Å². The summed E-state index contributed by atoms with van der Waals surface area (Å²) in [6.45, 7) is 2.21. The van der Waals surface area contributed by atoms with Crippen molar-refractivity contribution in [3.8, 4) is 0 Å². The lowest BCUT2D eigenvalue weighted by molar-refractivity contribution is 0.149. The number of aliphatic hydroxyl groups is 1. The van der Waals surface area contributed by atoms with Crippen LogP contribution in [0.3, 0.4) is 0 Å². The molecule has 0 aliphatic carbocycles. The van der Waals surface area contributed by atoms with Gasteiger partial charge in [0.1, 0.15) is 11.9 Å². The first-order valence-corrected chi connectivity index (χ1v) is 8.84. The Morgan fingerprint density at radius 1 is 1.16 bits per heavy atom. The van der Waals surface area contributed by atoms with E-state index in [1.165, 1.54) is 31.9 Å². The number of aliphatic hydroxyl groups excluding tert-OH is 1. The summed E-state index contributed by atoms with van der Waals surface area (Å²) >= 11 is 0. The Balaban J connectivity index is 1.53. The third kappa shape index (κ3) is 5.00. The Bertz CT molecular complexity index is 664. The van der Waals surface area contributed by atoms with Gasteiger partial charge in [0.25, 0.3) is 0 Å². The van der Waals surface area contributed by atoms with Crippen LogP contribution in [-0.2, 0) is 0 Å². The SMILES string of the molecule is O=C(NCC(O)c1ccco1)Nc1cccc(N2CCCCCC2)c1. The van der Waals surface area contributed by atoms with Gasteiger partial charge in [-0.3, -0.25) is 0 Å². The van der Waals surface area contributed by atoms with E-state index in [4.69, 9.17) is 4.42 Å². The molecule has 3 N–H and O–H groups in total. The average Bonchev–Trinajstić information content (AvgIpc) is 3.02. The van der Waals surface area contributed by atoms with E-state index >= 15 is 0 Å². The van der Waals surface area contributed by atoms with Crippen molar-refractivity contribution in [2.45, 2.75) is 31.8 Å². The maximum Gasteiger partial charge on any atom is 0.319 e. The van der Waals surface area contributed by atoms with Gasteiger partial charge in [-0.1, -0.05) is 18.9 Å². The van der Waals surface area contributed by atoms with Crippen molar-refractivity contribution in [3.05, 3.63) is 48.4 Å². The number of hydrogen-bond acceptors (Lipinski definition) is 4. The molecule has 0 radical (unpaired) electrons. The van der Waals surface area contributed by atoms with E-state index in [1.807, 2.05) is 18.2 Å². The maximum absolute atomic E-state index is 12.1. The van der Waals surface area contributed by atoms with Crippen LogP contribution in [-0.4, -0.2) is 30.8 Å². The number of carbonyl (C=O) groups excluding carboxylic acids is 1. The van der Waals surface area contributed by atoms with Crippen molar-refractivity contribution in [1.29, 1.82) is 0 Å². The minimum atomic E-state index is -0.857. The van der Waals surface area contributed by atoms with Crippen molar-refractivity contribution in [3.63, 3.8) is 0 Å². The largest absolute Gasteiger partial charge is 0.467 e. The fourth-order valence-electron chi connectivity index (χ4n) is 3.06. The smallest absolute Gasteiger partial charge is 0.319 e. The van der Waals surface area contributed by atoms with Gasteiger partial charge in [0.15, 0.2) is 0 Å². The summed E-state index contributed by atoms with van der Waals surface area (Å²) < 4.78 is 5.11. The first-order chi connectivity index (χ1) is 12.2. The van der Waals surface area contributed by atoms with Crippen molar-refractivity contribution < 1.29 is 14.3 Å². The van der Waals surface area contributed by atoms with E-state index in [0.717, 1.165) is 24.5 Å². The summed E-state index contributed by atoms with van der Waals surface area (Å²) in [5, 5.41) is 15.4. The summed E-state index contributed by atoms with van der Waals surface area (Å²) in [5.41, 5.74) is 1.88. The lowest BCUT2D eigenvalue weighted by Gasteiger charge is -2.23. The van der Waals surface area contributed by atoms with Crippen LogP contribution in [0, 0.1) is 0 Å². The monoisotopic (exact) mass is 343 g/mol. The van der Waals surface area contributed by atoms with Gasteiger partial charge in [-0.2, -0.15) is 0 Å². The minimum absolute atomic E-state index is 0.0885. The van der Waals surface area contributed by atoms with Gasteiger partial charge >= 0.3 is 6.03 Å². The van der Waals surface area contributed by atoms with Crippen LogP contribution in [0.15, 0.2) is 47.1 Å². The van der Waals surface area contributed by atoms with Crippen LogP contribution in [0.5, 0.6) is 0 Å². The lowest BCUT2D eigenvalue weighted by atomic mass is 10.2. The molecule has 134 valence electrons. The molecule has 1 unspecified atom stereocenters. The van der Waals surface area contributed by atoms with Crippen LogP contribution in [0.1, 0.15) is 37.5 Å². The number of furan rings is 1. The summed E-state index contributed by atoms with van der Waals surface area (Å²) in [4.78, 5) is 14.4. The highest BCUT2D eigenvalue weighted by Crippen LogP contribution is 2.22. The number of benzene rings is 1. The molecule has 0 bridgehead atoms. The second-order valence-electron chi connectivity index (χ2n) is 6.32. The quantitative estimate of drug-likeness (QED) is 0.776. The average molecular weight is 343 g/mol. The Morgan fingerprint density at radius 2 is 1.96 bits per heavy atom. The third-order valence-corrected chi connectivity index (χ3v) is 4.40. The summed E-state index contributed by atoms with van der Waals surface area (Å²) in [7, 11) is 0. The number of rotatable bonds is 5. The highest BCUT2D eigenvalue weighted by atomic mass is 16.4. The number of nitrogens with zero attached hydrogens (tertiary/aromatic N) is 1. The molecule has 2 heterocycles. The molecule has 0 saturated carbocycles. The Labute approximate surface area is 147 Å². The van der Waals surface area contributed by atoms with Crippen LogP contribution >= 0.6 is 0 Å². The minimum Gasteiger partial charge on any atom is -0.467 e. The normalized spacial score (nSPS) is 16.1. The van der Waals surface area contributed by atoms with Gasteiger partial charge in [0.05, 0.1) is 12.8 Å². The zero-order chi connectivity index (χ0) is 17.5. The summed E-state index contributed by atoms with van der Waals surface area (Å²) in [6.07, 6.45) is 5.63. The van der Waals surface area contributed by atoms with Gasteiger partial charge in [-0.05, 0) is 43.2 Å². The first kappa shape index (κ1) is 17.4. The molecule has 1 aromatic heterocycles. The van der Waals surface area contributed by atoms with E-state index in [9.17, 15) is 9.90 Å². The van der Waals surface area contributed by atoms with E-state index in [-0.39, 0.29) is 12.6 Å². The molecule has 1 aliphatic heterocycles. The molecule has 1 aliphatic rings. The molecule has 3 rings (SSSR count). The van der Waals surface area contributed by atoms with Crippen LogP contribution < -0.4 is 15.5 Å². The molecular formula is C19H25N3O3. The number of urea groups is 1. The molecule has 1 atom stereocenters. The third-order valence-electron chi connectivity index (χ3n) is 4.40. The number of anilines is 2. The highest BCUT2D eigenvalue weighted by Gasteiger charge is 2.13. The van der Waals surface area contributed by atoms with Crippen LogP contribution in [0.4, 0.5) is 16.2 Å². The number of amides is 2. The summed E-state index contributed by atoms with van der Waals surface area (Å²) in [6, 6.07) is 10.9. The Morgan fingerprint density at radius 3 is 2.68 bits per heavy atom. The predicted molar refractivity (Wildman–Crippen MR) is 97.8 cm³/mol.